The summed E-state index contributed by atoms with van der Waals surface area (Å²) < 4.78 is 19.8. The number of hydrogen-bond acceptors (Lipinski definition) is 7. The minimum absolute atomic E-state index is 0.0316. The van der Waals surface area contributed by atoms with Gasteiger partial charge in [0.15, 0.2) is 5.76 Å². The van der Waals surface area contributed by atoms with Gasteiger partial charge in [0.1, 0.15) is 17.2 Å². The van der Waals surface area contributed by atoms with E-state index in [1.54, 1.807) is 24.4 Å². The maximum absolute atomic E-state index is 13.5. The van der Waals surface area contributed by atoms with Gasteiger partial charge in [-0.15, -0.1) is 0 Å². The molecule has 1 fully saturated rings. The summed E-state index contributed by atoms with van der Waals surface area (Å²) >= 11 is 0. The summed E-state index contributed by atoms with van der Waals surface area (Å²) in [4.78, 5) is 16.0. The zero-order valence-corrected chi connectivity index (χ0v) is 18.3. The second kappa shape index (κ2) is 9.38. The Hall–Kier alpha value is -3.78. The van der Waals surface area contributed by atoms with Gasteiger partial charge in [-0.05, 0) is 42.8 Å². The van der Waals surface area contributed by atoms with Crippen molar-refractivity contribution in [1.29, 1.82) is 0 Å². The Kier molecular flexibility index (Phi) is 5.99. The normalized spacial score (nSPS) is 14.8. The van der Waals surface area contributed by atoms with Crippen LogP contribution in [0.3, 0.4) is 0 Å². The summed E-state index contributed by atoms with van der Waals surface area (Å²) in [5.41, 5.74) is 3.15. The molecule has 2 aromatic heterocycles. The van der Waals surface area contributed by atoms with Crippen LogP contribution < -0.4 is 15.5 Å². The molecule has 0 aliphatic carbocycles. The number of hydrogen-bond donors (Lipinski definition) is 2. The number of piperazine rings is 1. The van der Waals surface area contributed by atoms with Crippen LogP contribution in [-0.2, 0) is 0 Å². The molecular weight excluding hydrogens is 419 g/mol. The molecule has 4 aromatic rings. The van der Waals surface area contributed by atoms with E-state index in [9.17, 15) is 4.39 Å². The van der Waals surface area contributed by atoms with E-state index in [-0.39, 0.29) is 11.9 Å². The number of oxazole rings is 1. The van der Waals surface area contributed by atoms with Crippen LogP contribution in [0, 0.1) is 5.82 Å². The van der Waals surface area contributed by atoms with Crippen LogP contribution in [0.1, 0.15) is 18.5 Å². The van der Waals surface area contributed by atoms with Crippen molar-refractivity contribution in [2.24, 2.45) is 0 Å². The van der Waals surface area contributed by atoms with Gasteiger partial charge >= 0.3 is 0 Å². The number of rotatable bonds is 6. The Morgan fingerprint density at radius 3 is 2.52 bits per heavy atom. The lowest BCUT2D eigenvalue weighted by atomic mass is 10.1. The molecule has 2 aromatic carbocycles. The number of aromatic nitrogens is 3. The van der Waals surface area contributed by atoms with Crippen molar-refractivity contribution < 1.29 is 8.81 Å². The van der Waals surface area contributed by atoms with Gasteiger partial charge < -0.3 is 20.0 Å². The number of halogens is 1. The fourth-order valence-electron chi connectivity index (χ4n) is 3.85. The molecule has 0 unspecified atom stereocenters. The third kappa shape index (κ3) is 4.70. The molecule has 0 radical (unpaired) electrons. The predicted octanol–water partition coefficient (Wildman–Crippen LogP) is 4.52. The Bertz CT molecular complexity index is 1210. The highest BCUT2D eigenvalue weighted by molar-refractivity contribution is 5.76. The van der Waals surface area contributed by atoms with Gasteiger partial charge in [0.25, 0.3) is 6.01 Å². The molecule has 0 spiro atoms. The van der Waals surface area contributed by atoms with Crippen LogP contribution in [0.25, 0.3) is 22.7 Å². The molecule has 0 amide bonds. The van der Waals surface area contributed by atoms with Gasteiger partial charge in [0.2, 0.25) is 5.95 Å². The maximum atomic E-state index is 13.5. The van der Waals surface area contributed by atoms with Crippen LogP contribution in [0.5, 0.6) is 0 Å². The minimum Gasteiger partial charge on any atom is -0.421 e. The van der Waals surface area contributed by atoms with E-state index in [0.29, 0.717) is 29.1 Å². The monoisotopic (exact) mass is 444 g/mol. The van der Waals surface area contributed by atoms with Crippen molar-refractivity contribution in [3.63, 3.8) is 0 Å². The molecule has 1 aliphatic heterocycles. The molecule has 0 bridgehead atoms. The fraction of sp³-hybridized carbons (Fsp3) is 0.240. The van der Waals surface area contributed by atoms with E-state index in [0.717, 1.165) is 37.3 Å². The molecule has 33 heavy (non-hydrogen) atoms. The summed E-state index contributed by atoms with van der Waals surface area (Å²) in [5, 5.41) is 6.69. The van der Waals surface area contributed by atoms with Gasteiger partial charge in [-0.1, -0.05) is 30.3 Å². The van der Waals surface area contributed by atoms with E-state index in [1.165, 1.54) is 12.1 Å². The molecule has 2 N–H and O–H groups in total. The maximum Gasteiger partial charge on any atom is 0.298 e. The quantitative estimate of drug-likeness (QED) is 0.453. The Balaban J connectivity index is 1.50. The van der Waals surface area contributed by atoms with Gasteiger partial charge in [-0.3, -0.25) is 0 Å². The molecule has 1 atom stereocenters. The lowest BCUT2D eigenvalue weighted by molar-refractivity contribution is 0.505. The minimum atomic E-state index is -0.297. The summed E-state index contributed by atoms with van der Waals surface area (Å²) in [5.74, 6) is 0.733. The van der Waals surface area contributed by atoms with E-state index in [1.807, 2.05) is 18.2 Å². The van der Waals surface area contributed by atoms with Crippen LogP contribution in [0.2, 0.25) is 0 Å². The first-order chi connectivity index (χ1) is 16.2. The van der Waals surface area contributed by atoms with Crippen LogP contribution in [-0.4, -0.2) is 41.1 Å². The smallest absolute Gasteiger partial charge is 0.298 e. The number of nitrogens with one attached hydrogen (secondary N) is 2. The molecule has 1 aliphatic rings. The van der Waals surface area contributed by atoms with Crippen LogP contribution in [0.4, 0.5) is 16.4 Å². The zero-order chi connectivity index (χ0) is 22.6. The second-order valence-corrected chi connectivity index (χ2v) is 7.96. The lowest BCUT2D eigenvalue weighted by Gasteiger charge is -2.25. The van der Waals surface area contributed by atoms with Crippen molar-refractivity contribution in [3.05, 3.63) is 78.2 Å². The Morgan fingerprint density at radius 2 is 1.76 bits per heavy atom. The molecule has 8 heteroatoms. The zero-order valence-electron chi connectivity index (χ0n) is 18.3. The van der Waals surface area contributed by atoms with Crippen LogP contribution >= 0.6 is 0 Å². The Labute approximate surface area is 191 Å². The third-order valence-corrected chi connectivity index (χ3v) is 5.65. The summed E-state index contributed by atoms with van der Waals surface area (Å²) in [6.45, 7) is 5.39. The first-order valence-corrected chi connectivity index (χ1v) is 11.0. The lowest BCUT2D eigenvalue weighted by Crippen LogP contribution is -2.43. The van der Waals surface area contributed by atoms with E-state index < -0.39 is 0 Å². The van der Waals surface area contributed by atoms with Gasteiger partial charge in [-0.2, -0.15) is 4.98 Å². The summed E-state index contributed by atoms with van der Waals surface area (Å²) in [6, 6.07) is 18.7. The topological polar surface area (TPSA) is 79.1 Å². The largest absolute Gasteiger partial charge is 0.421 e. The third-order valence-electron chi connectivity index (χ3n) is 5.65. The van der Waals surface area contributed by atoms with Crippen molar-refractivity contribution in [2.75, 3.05) is 36.4 Å². The van der Waals surface area contributed by atoms with Crippen molar-refractivity contribution in [3.8, 4) is 22.7 Å². The van der Waals surface area contributed by atoms with Gasteiger partial charge in [0, 0.05) is 37.9 Å². The average Bonchev–Trinajstić information content (AvgIpc) is 3.31. The van der Waals surface area contributed by atoms with E-state index in [2.05, 4.69) is 39.6 Å². The highest BCUT2D eigenvalue weighted by Gasteiger charge is 2.23. The molecule has 7 nitrogen and oxygen atoms in total. The van der Waals surface area contributed by atoms with Crippen molar-refractivity contribution >= 4 is 12.0 Å². The molecular formula is C25H25FN6O. The molecule has 1 saturated heterocycles. The highest BCUT2D eigenvalue weighted by atomic mass is 19.1. The first-order valence-electron chi connectivity index (χ1n) is 11.0. The molecule has 0 saturated carbocycles. The Morgan fingerprint density at radius 1 is 1.00 bits per heavy atom. The number of nitrogens with zero attached hydrogens (tertiary/aromatic N) is 4. The molecule has 5 rings (SSSR count). The fourth-order valence-corrected chi connectivity index (χ4v) is 3.85. The van der Waals surface area contributed by atoms with Crippen LogP contribution in [0.15, 0.2) is 71.3 Å². The first kappa shape index (κ1) is 21.1. The SMILES string of the molecule is C[C@H](Nc1nccc(-c2oc(N3CCNCC3)nc2-c2ccc(F)cc2)n1)c1ccccc1. The van der Waals surface area contributed by atoms with E-state index >= 15 is 0 Å². The second-order valence-electron chi connectivity index (χ2n) is 7.96. The van der Waals surface area contributed by atoms with E-state index in [4.69, 9.17) is 14.4 Å². The molecule has 3 heterocycles. The van der Waals surface area contributed by atoms with Crippen molar-refractivity contribution in [2.45, 2.75) is 13.0 Å². The number of benzene rings is 2. The predicted molar refractivity (Wildman–Crippen MR) is 126 cm³/mol. The van der Waals surface area contributed by atoms with Crippen molar-refractivity contribution in [1.82, 2.24) is 20.3 Å². The highest BCUT2D eigenvalue weighted by Crippen LogP contribution is 2.35. The van der Waals surface area contributed by atoms with Gasteiger partial charge in [0.05, 0.1) is 6.04 Å². The number of anilines is 2. The standard InChI is InChI=1S/C25H25FN6O/c1-17(18-5-3-2-4-6-18)29-24-28-12-11-21(30-24)23-22(19-7-9-20(26)10-8-19)31-25(33-23)32-15-13-27-14-16-32/h2-12,17,27H,13-16H2,1H3,(H,28,29,30)/t17-/m0/s1. The average molecular weight is 445 g/mol. The van der Waals surface area contributed by atoms with Gasteiger partial charge in [-0.25, -0.2) is 14.4 Å². The molecule has 168 valence electrons. The summed E-state index contributed by atoms with van der Waals surface area (Å²) in [7, 11) is 0. The summed E-state index contributed by atoms with van der Waals surface area (Å²) in [6.07, 6.45) is 1.70.